The lowest BCUT2D eigenvalue weighted by molar-refractivity contribution is -0.187. The number of ether oxygens (including phenoxy) is 1. The number of halogens is 1. The fraction of sp³-hybridized carbons (Fsp3) is 0.625. The predicted octanol–water partition coefficient (Wildman–Crippen LogP) is 3.23. The Labute approximate surface area is 127 Å². The summed E-state index contributed by atoms with van der Waals surface area (Å²) < 4.78 is 6.14. The van der Waals surface area contributed by atoms with Gasteiger partial charge in [-0.05, 0) is 45.4 Å². The van der Waals surface area contributed by atoms with Crippen molar-refractivity contribution in [1.29, 1.82) is 0 Å². The molecule has 4 heteroatoms. The van der Waals surface area contributed by atoms with E-state index in [0.29, 0.717) is 6.54 Å². The number of rotatable bonds is 3. The van der Waals surface area contributed by atoms with Crippen molar-refractivity contribution in [1.82, 2.24) is 4.90 Å². The molecule has 0 aliphatic carbocycles. The number of hydrogen-bond donors (Lipinski definition) is 1. The van der Waals surface area contributed by atoms with Crippen molar-refractivity contribution < 1.29 is 4.74 Å². The molecule has 0 aromatic heterocycles. The van der Waals surface area contributed by atoms with Crippen molar-refractivity contribution in [3.63, 3.8) is 0 Å². The number of hydrogen-bond acceptors (Lipinski definition) is 3. The molecule has 1 fully saturated rings. The van der Waals surface area contributed by atoms with Crippen LogP contribution in [0.15, 0.2) is 24.3 Å². The minimum atomic E-state index is -0.165. The van der Waals surface area contributed by atoms with Gasteiger partial charge in [0, 0.05) is 30.7 Å². The van der Waals surface area contributed by atoms with Crippen LogP contribution in [-0.4, -0.2) is 35.7 Å². The van der Waals surface area contributed by atoms with Crippen LogP contribution in [0.5, 0.6) is 0 Å². The minimum Gasteiger partial charge on any atom is -0.367 e. The Morgan fingerprint density at radius 3 is 2.10 bits per heavy atom. The fourth-order valence-corrected chi connectivity index (χ4v) is 3.37. The van der Waals surface area contributed by atoms with Crippen molar-refractivity contribution in [3.05, 3.63) is 34.9 Å². The minimum absolute atomic E-state index is 0.165. The summed E-state index contributed by atoms with van der Waals surface area (Å²) >= 11 is 5.97. The molecule has 3 nitrogen and oxygen atoms in total. The van der Waals surface area contributed by atoms with Crippen molar-refractivity contribution in [2.24, 2.45) is 5.73 Å². The molecule has 0 amide bonds. The van der Waals surface area contributed by atoms with Gasteiger partial charge in [0.15, 0.2) is 0 Å². The average molecular weight is 297 g/mol. The summed E-state index contributed by atoms with van der Waals surface area (Å²) in [5, 5.41) is 0.757. The van der Waals surface area contributed by atoms with Gasteiger partial charge in [0.2, 0.25) is 0 Å². The molecule has 1 aromatic rings. The molecule has 112 valence electrons. The van der Waals surface area contributed by atoms with Crippen LogP contribution >= 0.6 is 11.6 Å². The molecule has 0 radical (unpaired) electrons. The Balaban J connectivity index is 2.24. The third-order valence-corrected chi connectivity index (χ3v) is 3.89. The molecule has 1 aromatic carbocycles. The average Bonchev–Trinajstić information content (AvgIpc) is 2.28. The van der Waals surface area contributed by atoms with Gasteiger partial charge < -0.3 is 10.5 Å². The summed E-state index contributed by atoms with van der Waals surface area (Å²) in [6.07, 6.45) is 0. The van der Waals surface area contributed by atoms with Crippen molar-refractivity contribution in [3.8, 4) is 0 Å². The van der Waals surface area contributed by atoms with Gasteiger partial charge in [0.1, 0.15) is 0 Å². The third kappa shape index (κ3) is 3.73. The number of benzene rings is 1. The molecule has 0 spiro atoms. The first-order valence-electron chi connectivity index (χ1n) is 7.12. The number of nitrogens with zero attached hydrogens (tertiary/aromatic N) is 1. The molecule has 20 heavy (non-hydrogen) atoms. The number of nitrogens with two attached hydrogens (primary N) is 1. The molecule has 0 bridgehead atoms. The molecular formula is C16H25ClN2O. The van der Waals surface area contributed by atoms with Crippen molar-refractivity contribution in [2.45, 2.75) is 44.9 Å². The molecular weight excluding hydrogens is 272 g/mol. The van der Waals surface area contributed by atoms with Gasteiger partial charge in [0.05, 0.1) is 11.2 Å². The maximum absolute atomic E-state index is 6.14. The van der Waals surface area contributed by atoms with E-state index in [2.05, 4.69) is 44.7 Å². The highest BCUT2D eigenvalue weighted by atomic mass is 35.5. The van der Waals surface area contributed by atoms with Gasteiger partial charge in [-0.2, -0.15) is 0 Å². The zero-order chi connectivity index (χ0) is 15.0. The summed E-state index contributed by atoms with van der Waals surface area (Å²) in [6, 6.07) is 8.19. The van der Waals surface area contributed by atoms with Crippen LogP contribution in [0.1, 0.15) is 39.3 Å². The van der Waals surface area contributed by atoms with E-state index < -0.39 is 0 Å². The molecule has 1 aliphatic heterocycles. The highest BCUT2D eigenvalue weighted by Crippen LogP contribution is 2.33. The van der Waals surface area contributed by atoms with Gasteiger partial charge in [-0.3, -0.25) is 4.90 Å². The van der Waals surface area contributed by atoms with Crippen LogP contribution in [0, 0.1) is 0 Å². The smallest absolute Gasteiger partial charge is 0.0761 e. The number of morpholine rings is 1. The van der Waals surface area contributed by atoms with E-state index in [1.807, 2.05) is 12.1 Å². The Bertz CT molecular complexity index is 440. The molecule has 2 N–H and O–H groups in total. The second kappa shape index (κ2) is 5.64. The van der Waals surface area contributed by atoms with Gasteiger partial charge in [0.25, 0.3) is 0 Å². The lowest BCUT2D eigenvalue weighted by Crippen LogP contribution is -2.58. The largest absolute Gasteiger partial charge is 0.367 e. The highest BCUT2D eigenvalue weighted by molar-refractivity contribution is 6.30. The van der Waals surface area contributed by atoms with Crippen LogP contribution in [0.4, 0.5) is 0 Å². The predicted molar refractivity (Wildman–Crippen MR) is 84.1 cm³/mol. The molecule has 1 aliphatic rings. The van der Waals surface area contributed by atoms with E-state index in [1.54, 1.807) is 0 Å². The SMILES string of the molecule is CC1(C)CN(C(CN)c2ccc(Cl)cc2)CC(C)(C)O1. The second-order valence-electron chi connectivity index (χ2n) is 6.83. The third-order valence-electron chi connectivity index (χ3n) is 3.64. The molecule has 1 heterocycles. The normalized spacial score (nSPS) is 23.5. The zero-order valence-corrected chi connectivity index (χ0v) is 13.6. The van der Waals surface area contributed by atoms with E-state index in [9.17, 15) is 0 Å². The van der Waals surface area contributed by atoms with E-state index in [4.69, 9.17) is 22.1 Å². The van der Waals surface area contributed by atoms with Crippen molar-refractivity contribution in [2.75, 3.05) is 19.6 Å². The van der Waals surface area contributed by atoms with E-state index >= 15 is 0 Å². The Morgan fingerprint density at radius 1 is 1.15 bits per heavy atom. The lowest BCUT2D eigenvalue weighted by atomic mass is 9.95. The molecule has 1 atom stereocenters. The highest BCUT2D eigenvalue weighted by Gasteiger charge is 2.40. The molecule has 0 saturated carbocycles. The van der Waals surface area contributed by atoms with E-state index in [-0.39, 0.29) is 17.2 Å². The monoisotopic (exact) mass is 296 g/mol. The first-order valence-corrected chi connectivity index (χ1v) is 7.50. The summed E-state index contributed by atoms with van der Waals surface area (Å²) in [5.74, 6) is 0. The van der Waals surface area contributed by atoms with Crippen LogP contribution < -0.4 is 5.73 Å². The first kappa shape index (κ1) is 15.8. The maximum Gasteiger partial charge on any atom is 0.0761 e. The topological polar surface area (TPSA) is 38.5 Å². The Morgan fingerprint density at radius 2 is 1.65 bits per heavy atom. The summed E-state index contributed by atoms with van der Waals surface area (Å²) in [5.41, 5.74) is 6.92. The summed E-state index contributed by atoms with van der Waals surface area (Å²) in [7, 11) is 0. The Kier molecular flexibility index (Phi) is 4.45. The Hall–Kier alpha value is -0.610. The first-order chi connectivity index (χ1) is 9.22. The second-order valence-corrected chi connectivity index (χ2v) is 7.27. The van der Waals surface area contributed by atoms with Gasteiger partial charge in [-0.15, -0.1) is 0 Å². The quantitative estimate of drug-likeness (QED) is 0.931. The van der Waals surface area contributed by atoms with Gasteiger partial charge in [-0.25, -0.2) is 0 Å². The summed E-state index contributed by atoms with van der Waals surface area (Å²) in [4.78, 5) is 2.42. The lowest BCUT2D eigenvalue weighted by Gasteiger charge is -2.49. The molecule has 1 unspecified atom stereocenters. The van der Waals surface area contributed by atoms with Crippen LogP contribution in [0.2, 0.25) is 5.02 Å². The standard InChI is InChI=1S/C16H25ClN2O/c1-15(2)10-19(11-16(3,4)20-15)14(9-18)12-5-7-13(17)8-6-12/h5-8,14H,9-11,18H2,1-4H3. The molecule has 1 saturated heterocycles. The molecule has 2 rings (SSSR count). The van der Waals surface area contributed by atoms with Crippen molar-refractivity contribution >= 4 is 11.6 Å². The van der Waals surface area contributed by atoms with E-state index in [1.165, 1.54) is 5.56 Å². The van der Waals surface area contributed by atoms with Crippen LogP contribution in [0.25, 0.3) is 0 Å². The van der Waals surface area contributed by atoms with Crippen LogP contribution in [0.3, 0.4) is 0 Å². The van der Waals surface area contributed by atoms with Crippen LogP contribution in [-0.2, 0) is 4.74 Å². The van der Waals surface area contributed by atoms with Gasteiger partial charge >= 0.3 is 0 Å². The fourth-order valence-electron chi connectivity index (χ4n) is 3.25. The zero-order valence-electron chi connectivity index (χ0n) is 12.8. The summed E-state index contributed by atoms with van der Waals surface area (Å²) in [6.45, 7) is 10.9. The van der Waals surface area contributed by atoms with Gasteiger partial charge in [-0.1, -0.05) is 23.7 Å². The van der Waals surface area contributed by atoms with E-state index in [0.717, 1.165) is 18.1 Å². The maximum atomic E-state index is 6.14.